The van der Waals surface area contributed by atoms with Gasteiger partial charge in [-0.25, -0.2) is 23.1 Å². The highest BCUT2D eigenvalue weighted by Crippen LogP contribution is 2.51. The Kier molecular flexibility index (Phi) is 8.18. The standard InChI is InChI=1S/C24H34N5O11P/c1-22(2,3)20(32)35-12-38-41(34,39-13-36-21(33)23(4,5)6)37-9-15-17(30)18(31)24(10-25,40-15)16-8-7-14-19(26)27-11-28-29(14)16/h7-8,11,15,17-18,30-31H,9,12-13H2,1-6H3,(H2,26,27,28)/t15-,17-,18-,24+/m1/s1/i7D,9D2. The lowest BCUT2D eigenvalue weighted by Gasteiger charge is -2.24. The first-order valence-electron chi connectivity index (χ1n) is 13.6. The van der Waals surface area contributed by atoms with Crippen LogP contribution in [0.1, 0.15) is 51.3 Å². The van der Waals surface area contributed by atoms with Crippen molar-refractivity contribution >= 4 is 31.1 Å². The van der Waals surface area contributed by atoms with Crippen LogP contribution in [0, 0.1) is 22.2 Å². The van der Waals surface area contributed by atoms with Crippen LogP contribution in [0.5, 0.6) is 0 Å². The van der Waals surface area contributed by atoms with E-state index in [9.17, 15) is 29.6 Å². The molecule has 0 saturated carbocycles. The van der Waals surface area contributed by atoms with Crippen LogP contribution >= 0.6 is 7.82 Å². The molecule has 0 spiro atoms. The van der Waals surface area contributed by atoms with Gasteiger partial charge in [0.15, 0.2) is 5.82 Å². The molecule has 226 valence electrons. The largest absolute Gasteiger partial charge is 0.480 e. The second kappa shape index (κ2) is 12.0. The van der Waals surface area contributed by atoms with E-state index in [4.69, 9.17) is 37.6 Å². The number of ether oxygens (including phenoxy) is 3. The van der Waals surface area contributed by atoms with Crippen LogP contribution < -0.4 is 5.73 Å². The molecule has 3 heterocycles. The number of phosphoric acid groups is 1. The number of rotatable bonds is 10. The molecule has 1 aliphatic rings. The third kappa shape index (κ3) is 7.02. The summed E-state index contributed by atoms with van der Waals surface area (Å²) in [6.45, 7) is 3.66. The molecule has 0 aromatic carbocycles. The molecule has 2 aromatic rings. The van der Waals surface area contributed by atoms with Crippen molar-refractivity contribution in [3.05, 3.63) is 24.1 Å². The predicted octanol–water partition coefficient (Wildman–Crippen LogP) is 1.40. The Morgan fingerprint density at radius 1 is 1.20 bits per heavy atom. The maximum Gasteiger partial charge on any atom is 0.480 e. The monoisotopic (exact) mass is 602 g/mol. The normalized spacial score (nSPS) is 24.8. The zero-order chi connectivity index (χ0) is 33.5. The SMILES string of the molecule is [2H]c1cc([C@]2(C#N)O[C@H](C([2H])([2H])OP(=O)(OCOC(=O)C(C)(C)C)OCOC(=O)C(C)(C)C)[C@@H](O)[C@H]2O)n2ncnc(N)c12. The topological polar surface area (TPSA) is 227 Å². The molecule has 16 nitrogen and oxygen atoms in total. The fraction of sp³-hybridized carbons (Fsp3) is 0.625. The highest BCUT2D eigenvalue weighted by molar-refractivity contribution is 7.48. The number of nitrogens with zero attached hydrogens (tertiary/aromatic N) is 4. The Bertz CT molecular complexity index is 1470. The quantitative estimate of drug-likeness (QED) is 0.198. The molecule has 2 aromatic heterocycles. The number of carbonyl (C=O) groups is 2. The average Bonchev–Trinajstić information content (AvgIpc) is 3.38. The van der Waals surface area contributed by atoms with E-state index in [0.29, 0.717) is 0 Å². The number of aliphatic hydroxyl groups is 2. The molecule has 0 bridgehead atoms. The van der Waals surface area contributed by atoms with E-state index in [-0.39, 0.29) is 23.1 Å². The summed E-state index contributed by atoms with van der Waals surface area (Å²) in [5.41, 5.74) is 0.894. The Balaban J connectivity index is 1.92. The summed E-state index contributed by atoms with van der Waals surface area (Å²) in [5, 5.41) is 35.9. The Hall–Kier alpha value is -3.16. The lowest BCUT2D eigenvalue weighted by molar-refractivity contribution is -0.163. The van der Waals surface area contributed by atoms with E-state index in [0.717, 1.165) is 16.9 Å². The van der Waals surface area contributed by atoms with Crippen LogP contribution in [-0.2, 0) is 47.5 Å². The van der Waals surface area contributed by atoms with Gasteiger partial charge in [-0.3, -0.25) is 14.1 Å². The molecular formula is C24H34N5O11P. The average molecular weight is 603 g/mol. The first-order chi connectivity index (χ1) is 20.1. The van der Waals surface area contributed by atoms with Crippen LogP contribution in [0.25, 0.3) is 5.52 Å². The van der Waals surface area contributed by atoms with Crippen molar-refractivity contribution in [3.63, 3.8) is 0 Å². The molecule has 3 rings (SSSR count). The van der Waals surface area contributed by atoms with Crippen molar-refractivity contribution in [2.75, 3.05) is 25.9 Å². The molecule has 1 aliphatic heterocycles. The molecule has 0 radical (unpaired) electrons. The van der Waals surface area contributed by atoms with Gasteiger partial charge in [0.2, 0.25) is 19.2 Å². The lowest BCUT2D eigenvalue weighted by atomic mass is 9.92. The minimum atomic E-state index is -5.18. The number of nitriles is 1. The van der Waals surface area contributed by atoms with Crippen LogP contribution in [0.15, 0.2) is 18.4 Å². The third-order valence-corrected chi connectivity index (χ3v) is 6.78. The minimum Gasteiger partial charge on any atom is -0.437 e. The van der Waals surface area contributed by atoms with Gasteiger partial charge in [-0.05, 0) is 53.7 Å². The third-order valence-electron chi connectivity index (χ3n) is 5.61. The van der Waals surface area contributed by atoms with Crippen molar-refractivity contribution in [2.24, 2.45) is 10.8 Å². The van der Waals surface area contributed by atoms with E-state index in [2.05, 4.69) is 10.1 Å². The van der Waals surface area contributed by atoms with E-state index in [1.807, 2.05) is 0 Å². The maximum atomic E-state index is 13.5. The molecule has 0 amide bonds. The lowest BCUT2D eigenvalue weighted by Crippen LogP contribution is -2.41. The highest BCUT2D eigenvalue weighted by atomic mass is 31.2. The molecule has 1 fully saturated rings. The van der Waals surface area contributed by atoms with Gasteiger partial charge in [0.25, 0.3) is 0 Å². The van der Waals surface area contributed by atoms with Crippen molar-refractivity contribution in [3.8, 4) is 6.07 Å². The summed E-state index contributed by atoms with van der Waals surface area (Å²) in [5.74, 6) is -1.73. The van der Waals surface area contributed by atoms with Gasteiger partial charge in [0.05, 0.1) is 27.2 Å². The summed E-state index contributed by atoms with van der Waals surface area (Å²) < 4.78 is 69.9. The number of nitrogen functional groups attached to an aromatic ring is 1. The predicted molar refractivity (Wildman–Crippen MR) is 138 cm³/mol. The van der Waals surface area contributed by atoms with E-state index >= 15 is 0 Å². The van der Waals surface area contributed by atoms with Gasteiger partial charge in [-0.1, -0.05) is 0 Å². The molecule has 0 aliphatic carbocycles. The highest BCUT2D eigenvalue weighted by Gasteiger charge is 2.58. The van der Waals surface area contributed by atoms with Gasteiger partial charge >= 0.3 is 19.8 Å². The second-order valence-corrected chi connectivity index (χ2v) is 12.5. The summed E-state index contributed by atoms with van der Waals surface area (Å²) in [4.78, 5) is 28.0. The molecule has 0 unspecified atom stereocenters. The minimum absolute atomic E-state index is 0.0639. The van der Waals surface area contributed by atoms with Gasteiger partial charge < -0.3 is 30.2 Å². The smallest absolute Gasteiger partial charge is 0.437 e. The molecule has 41 heavy (non-hydrogen) atoms. The van der Waals surface area contributed by atoms with Crippen molar-refractivity contribution in [1.29, 1.82) is 5.26 Å². The van der Waals surface area contributed by atoms with Crippen LogP contribution in [-0.4, -0.2) is 75.2 Å². The van der Waals surface area contributed by atoms with Crippen molar-refractivity contribution in [2.45, 2.75) is 65.5 Å². The number of carbonyl (C=O) groups excluding carboxylic acids is 2. The number of anilines is 1. The van der Waals surface area contributed by atoms with E-state index in [1.54, 1.807) is 6.07 Å². The summed E-state index contributed by atoms with van der Waals surface area (Å²) in [6, 6.07) is 2.46. The number of nitrogens with two attached hydrogens (primary N) is 1. The molecule has 1 saturated heterocycles. The Labute approximate surface area is 240 Å². The first kappa shape index (κ1) is 28.0. The number of hydrogen-bond acceptors (Lipinski definition) is 15. The summed E-state index contributed by atoms with van der Waals surface area (Å²) in [6.07, 6.45) is -5.65. The number of aliphatic hydroxyl groups excluding tert-OH is 2. The molecule has 4 N–H and O–H groups in total. The fourth-order valence-corrected chi connectivity index (χ4v) is 4.05. The van der Waals surface area contributed by atoms with Gasteiger partial charge in [0.1, 0.15) is 36.2 Å². The number of phosphoric ester groups is 1. The fourth-order valence-electron chi connectivity index (χ4n) is 3.28. The van der Waals surface area contributed by atoms with Crippen molar-refractivity contribution < 1.29 is 56.3 Å². The van der Waals surface area contributed by atoms with Crippen LogP contribution in [0.2, 0.25) is 0 Å². The van der Waals surface area contributed by atoms with Crippen molar-refractivity contribution in [1.82, 2.24) is 14.6 Å². The number of esters is 2. The van der Waals surface area contributed by atoms with Crippen LogP contribution in [0.3, 0.4) is 0 Å². The Morgan fingerprint density at radius 2 is 1.76 bits per heavy atom. The molecular weight excluding hydrogens is 565 g/mol. The number of fused-ring (bicyclic) bond motifs is 1. The number of hydrogen-bond donors (Lipinski definition) is 3. The van der Waals surface area contributed by atoms with Gasteiger partial charge in [-0.15, -0.1) is 0 Å². The second-order valence-electron chi connectivity index (χ2n) is 10.9. The molecule has 4 atom stereocenters. The number of aromatic nitrogens is 3. The maximum absolute atomic E-state index is 13.5. The van der Waals surface area contributed by atoms with Gasteiger partial charge in [0, 0.05) is 0 Å². The molecule has 17 heteroatoms. The summed E-state index contributed by atoms with van der Waals surface area (Å²) in [7, 11) is -5.18. The zero-order valence-corrected chi connectivity index (χ0v) is 24.1. The summed E-state index contributed by atoms with van der Waals surface area (Å²) >= 11 is 0. The van der Waals surface area contributed by atoms with E-state index in [1.165, 1.54) is 41.5 Å². The van der Waals surface area contributed by atoms with Gasteiger partial charge in [-0.2, -0.15) is 10.4 Å². The van der Waals surface area contributed by atoms with Crippen LogP contribution in [0.4, 0.5) is 5.82 Å². The zero-order valence-electron chi connectivity index (χ0n) is 26.2. The van der Waals surface area contributed by atoms with E-state index < -0.39 is 74.6 Å². The Morgan fingerprint density at radius 3 is 2.27 bits per heavy atom. The first-order valence-corrected chi connectivity index (χ1v) is 13.5.